The summed E-state index contributed by atoms with van der Waals surface area (Å²) < 4.78 is 5.48. The first-order valence-corrected chi connectivity index (χ1v) is 8.41. The Bertz CT molecular complexity index is 340. The summed E-state index contributed by atoms with van der Waals surface area (Å²) in [4.78, 5) is 14.7. The highest BCUT2D eigenvalue weighted by molar-refractivity contribution is 5.85. The van der Waals surface area contributed by atoms with E-state index in [1.807, 2.05) is 13.8 Å². The highest BCUT2D eigenvalue weighted by Crippen LogP contribution is 2.33. The van der Waals surface area contributed by atoms with Crippen LogP contribution >= 0.6 is 12.4 Å². The van der Waals surface area contributed by atoms with Crippen LogP contribution in [0.5, 0.6) is 0 Å². The zero-order valence-electron chi connectivity index (χ0n) is 14.0. The predicted molar refractivity (Wildman–Crippen MR) is 91.3 cm³/mol. The van der Waals surface area contributed by atoms with Crippen LogP contribution in [0.4, 0.5) is 0 Å². The topological polar surface area (TPSA) is 67.6 Å². The molecule has 22 heavy (non-hydrogen) atoms. The SMILES string of the molecule is CC(C)[C@H](N)C(=O)NCC1(N2CCOCC2)CCCCC1.Cl. The molecule has 1 aliphatic heterocycles. The van der Waals surface area contributed by atoms with Gasteiger partial charge in [-0.25, -0.2) is 0 Å². The Kier molecular flexibility index (Phi) is 8.11. The quantitative estimate of drug-likeness (QED) is 0.801. The van der Waals surface area contributed by atoms with Gasteiger partial charge in [0.05, 0.1) is 19.3 Å². The minimum absolute atomic E-state index is 0. The maximum absolute atomic E-state index is 12.2. The molecule has 1 amide bonds. The van der Waals surface area contributed by atoms with Gasteiger partial charge in [0.25, 0.3) is 0 Å². The Morgan fingerprint density at radius 3 is 2.36 bits per heavy atom. The highest BCUT2D eigenvalue weighted by atomic mass is 35.5. The van der Waals surface area contributed by atoms with Crippen molar-refractivity contribution in [2.24, 2.45) is 11.7 Å². The largest absolute Gasteiger partial charge is 0.379 e. The van der Waals surface area contributed by atoms with Gasteiger partial charge >= 0.3 is 0 Å². The molecule has 2 rings (SSSR count). The average molecular weight is 334 g/mol. The molecule has 130 valence electrons. The molecule has 2 aliphatic rings. The molecule has 1 heterocycles. The van der Waals surface area contributed by atoms with E-state index in [4.69, 9.17) is 10.5 Å². The van der Waals surface area contributed by atoms with Gasteiger partial charge in [0.15, 0.2) is 0 Å². The van der Waals surface area contributed by atoms with E-state index in [1.54, 1.807) is 0 Å². The van der Waals surface area contributed by atoms with Crippen LogP contribution in [-0.4, -0.2) is 55.2 Å². The summed E-state index contributed by atoms with van der Waals surface area (Å²) in [5, 5.41) is 3.13. The Hall–Kier alpha value is -0.360. The molecule has 5 nitrogen and oxygen atoms in total. The van der Waals surface area contributed by atoms with Crippen molar-refractivity contribution in [1.29, 1.82) is 0 Å². The Morgan fingerprint density at radius 2 is 1.82 bits per heavy atom. The smallest absolute Gasteiger partial charge is 0.237 e. The monoisotopic (exact) mass is 333 g/mol. The first kappa shape index (κ1) is 19.7. The van der Waals surface area contributed by atoms with E-state index in [2.05, 4.69) is 10.2 Å². The second-order valence-electron chi connectivity index (χ2n) is 6.87. The van der Waals surface area contributed by atoms with E-state index >= 15 is 0 Å². The molecule has 1 atom stereocenters. The van der Waals surface area contributed by atoms with Gasteiger partial charge in [-0.05, 0) is 18.8 Å². The van der Waals surface area contributed by atoms with E-state index in [9.17, 15) is 4.79 Å². The van der Waals surface area contributed by atoms with Gasteiger partial charge in [-0.2, -0.15) is 0 Å². The van der Waals surface area contributed by atoms with Crippen LogP contribution < -0.4 is 11.1 Å². The molecule has 1 saturated heterocycles. The summed E-state index contributed by atoms with van der Waals surface area (Å²) in [6.45, 7) is 8.28. The second-order valence-corrected chi connectivity index (χ2v) is 6.87. The van der Waals surface area contributed by atoms with Crippen molar-refractivity contribution in [3.05, 3.63) is 0 Å². The van der Waals surface area contributed by atoms with Crippen molar-refractivity contribution >= 4 is 18.3 Å². The standard InChI is InChI=1S/C16H31N3O2.ClH/c1-13(2)14(17)15(20)18-12-16(6-4-3-5-7-16)19-8-10-21-11-9-19;/h13-14H,3-12,17H2,1-2H3,(H,18,20);1H/t14-;/m0./s1. The summed E-state index contributed by atoms with van der Waals surface area (Å²) in [6, 6.07) is -0.407. The van der Waals surface area contributed by atoms with Crippen molar-refractivity contribution in [3.8, 4) is 0 Å². The number of halogens is 1. The van der Waals surface area contributed by atoms with Crippen LogP contribution in [0.25, 0.3) is 0 Å². The summed E-state index contributed by atoms with van der Waals surface area (Å²) in [5.41, 5.74) is 6.07. The van der Waals surface area contributed by atoms with Gasteiger partial charge in [0.1, 0.15) is 0 Å². The zero-order valence-corrected chi connectivity index (χ0v) is 14.8. The molecule has 0 aromatic rings. The number of rotatable bonds is 5. The Labute approximate surface area is 140 Å². The van der Waals surface area contributed by atoms with E-state index in [0.29, 0.717) is 0 Å². The maximum Gasteiger partial charge on any atom is 0.237 e. The number of carbonyl (C=O) groups is 1. The zero-order chi connectivity index (χ0) is 15.3. The van der Waals surface area contributed by atoms with Gasteiger partial charge in [-0.15, -0.1) is 12.4 Å². The molecule has 0 aromatic carbocycles. The third-order valence-electron chi connectivity index (χ3n) is 5.08. The van der Waals surface area contributed by atoms with Crippen LogP contribution in [0.3, 0.4) is 0 Å². The van der Waals surface area contributed by atoms with Crippen LogP contribution in [0.15, 0.2) is 0 Å². The van der Waals surface area contributed by atoms with E-state index in [1.165, 1.54) is 32.1 Å². The van der Waals surface area contributed by atoms with E-state index in [0.717, 1.165) is 32.8 Å². The van der Waals surface area contributed by atoms with Crippen molar-refractivity contribution in [2.45, 2.75) is 57.5 Å². The van der Waals surface area contributed by atoms with Crippen LogP contribution in [0.1, 0.15) is 46.0 Å². The van der Waals surface area contributed by atoms with E-state index in [-0.39, 0.29) is 29.8 Å². The number of hydrogen-bond acceptors (Lipinski definition) is 4. The van der Waals surface area contributed by atoms with Gasteiger partial charge in [-0.1, -0.05) is 33.1 Å². The number of ether oxygens (including phenoxy) is 1. The summed E-state index contributed by atoms with van der Waals surface area (Å²) in [6.07, 6.45) is 6.16. The molecule has 3 N–H and O–H groups in total. The Morgan fingerprint density at radius 1 is 1.23 bits per heavy atom. The van der Waals surface area contributed by atoms with E-state index < -0.39 is 6.04 Å². The molecule has 1 aliphatic carbocycles. The highest BCUT2D eigenvalue weighted by Gasteiger charge is 2.39. The molecule has 6 heteroatoms. The fourth-order valence-corrected chi connectivity index (χ4v) is 3.52. The average Bonchev–Trinajstić information content (AvgIpc) is 2.53. The first-order valence-electron chi connectivity index (χ1n) is 8.41. The van der Waals surface area contributed by atoms with Crippen molar-refractivity contribution in [3.63, 3.8) is 0 Å². The lowest BCUT2D eigenvalue weighted by Gasteiger charge is -2.48. The molecular weight excluding hydrogens is 302 g/mol. The third-order valence-corrected chi connectivity index (χ3v) is 5.08. The third kappa shape index (κ3) is 4.82. The Balaban J connectivity index is 0.00000242. The lowest BCUT2D eigenvalue weighted by Crippen LogP contribution is -2.60. The fraction of sp³-hybridized carbons (Fsp3) is 0.938. The number of hydrogen-bond donors (Lipinski definition) is 2. The molecular formula is C16H32ClN3O2. The second kappa shape index (κ2) is 9.06. The van der Waals surface area contributed by atoms with Gasteiger partial charge in [0.2, 0.25) is 5.91 Å². The number of morpholine rings is 1. The van der Waals surface area contributed by atoms with Crippen LogP contribution in [-0.2, 0) is 9.53 Å². The molecule has 0 radical (unpaired) electrons. The predicted octanol–water partition coefficient (Wildman–Crippen LogP) is 1.54. The number of nitrogens with one attached hydrogen (secondary N) is 1. The lowest BCUT2D eigenvalue weighted by molar-refractivity contribution is -0.124. The molecule has 0 aromatic heterocycles. The first-order chi connectivity index (χ1) is 10.1. The fourth-order valence-electron chi connectivity index (χ4n) is 3.52. The molecule has 2 fully saturated rings. The maximum atomic E-state index is 12.2. The molecule has 1 saturated carbocycles. The van der Waals surface area contributed by atoms with Crippen molar-refractivity contribution in [1.82, 2.24) is 10.2 Å². The number of carbonyl (C=O) groups excluding carboxylic acids is 1. The van der Waals surface area contributed by atoms with Crippen LogP contribution in [0.2, 0.25) is 0 Å². The van der Waals surface area contributed by atoms with Gasteiger partial charge in [0, 0.05) is 25.2 Å². The van der Waals surface area contributed by atoms with Crippen LogP contribution in [0, 0.1) is 5.92 Å². The lowest BCUT2D eigenvalue weighted by atomic mass is 9.79. The summed E-state index contributed by atoms with van der Waals surface area (Å²) in [5.74, 6) is 0.166. The molecule has 0 spiro atoms. The minimum Gasteiger partial charge on any atom is -0.379 e. The van der Waals surface area contributed by atoms with Crippen molar-refractivity contribution in [2.75, 3.05) is 32.8 Å². The number of amides is 1. The van der Waals surface area contributed by atoms with Gasteiger partial charge in [-0.3, -0.25) is 9.69 Å². The minimum atomic E-state index is -0.407. The van der Waals surface area contributed by atoms with Crippen molar-refractivity contribution < 1.29 is 9.53 Å². The molecule has 0 bridgehead atoms. The normalized spacial score (nSPS) is 23.6. The summed E-state index contributed by atoms with van der Waals surface area (Å²) in [7, 11) is 0. The summed E-state index contributed by atoms with van der Waals surface area (Å²) >= 11 is 0. The molecule has 0 unspecified atom stereocenters. The number of nitrogens with zero attached hydrogens (tertiary/aromatic N) is 1. The number of nitrogens with two attached hydrogens (primary N) is 1. The van der Waals surface area contributed by atoms with Gasteiger partial charge < -0.3 is 15.8 Å².